The lowest BCUT2D eigenvalue weighted by atomic mass is 9.58. The number of hydrogen-bond donors (Lipinski definition) is 0. The fourth-order valence-electron chi connectivity index (χ4n) is 5.97. The molecular weight excluding hydrogens is 272 g/mol. The van der Waals surface area contributed by atoms with Crippen LogP contribution in [0.2, 0.25) is 0 Å². The Labute approximate surface area is 134 Å². The second-order valence-electron chi connectivity index (χ2n) is 8.03. The molecule has 0 N–H and O–H groups in total. The van der Waals surface area contributed by atoms with Gasteiger partial charge in [-0.25, -0.2) is 0 Å². The third-order valence-electron chi connectivity index (χ3n) is 6.98. The summed E-state index contributed by atoms with van der Waals surface area (Å²) in [6.45, 7) is 2.22. The van der Waals surface area contributed by atoms with E-state index in [2.05, 4.69) is 6.92 Å². The summed E-state index contributed by atoms with van der Waals surface area (Å²) in [5, 5.41) is 0. The van der Waals surface area contributed by atoms with E-state index in [-0.39, 0.29) is 0 Å². The first-order chi connectivity index (χ1) is 10.7. The lowest BCUT2D eigenvalue weighted by Crippen LogP contribution is -2.59. The summed E-state index contributed by atoms with van der Waals surface area (Å²) in [4.78, 5) is 12.9. The van der Waals surface area contributed by atoms with Crippen molar-refractivity contribution >= 4 is 5.78 Å². The molecule has 22 heavy (non-hydrogen) atoms. The molecule has 0 radical (unpaired) electrons. The Morgan fingerprint density at radius 2 is 1.82 bits per heavy atom. The second-order valence-corrected chi connectivity index (χ2v) is 8.03. The Hall–Kier alpha value is -0.630. The smallest absolute Gasteiger partial charge is 0.168 e. The number of ketones is 1. The molecule has 0 aromatic carbocycles. The van der Waals surface area contributed by atoms with Crippen LogP contribution >= 0.6 is 0 Å². The number of fused-ring (bicyclic) bond motifs is 5. The molecule has 0 unspecified atom stereocenters. The number of carbonyl (C=O) groups is 1. The van der Waals surface area contributed by atoms with Crippen molar-refractivity contribution in [3.05, 3.63) is 11.1 Å². The highest BCUT2D eigenvalue weighted by molar-refractivity contribution is 5.92. The quantitative estimate of drug-likeness (QED) is 0.677. The molecule has 122 valence electrons. The molecule has 2 atom stereocenters. The van der Waals surface area contributed by atoms with Gasteiger partial charge in [-0.1, -0.05) is 44.6 Å². The second kappa shape index (κ2) is 5.47. The largest absolute Gasteiger partial charge is 0.359 e. The fraction of sp³-hybridized carbons (Fsp3) is 0.850. The first-order valence-electron chi connectivity index (χ1n) is 9.67. The Morgan fingerprint density at radius 1 is 1.05 bits per heavy atom. The van der Waals surface area contributed by atoms with Crippen LogP contribution in [0.25, 0.3) is 0 Å². The van der Waals surface area contributed by atoms with Gasteiger partial charge in [-0.3, -0.25) is 4.79 Å². The van der Waals surface area contributed by atoms with Crippen molar-refractivity contribution < 1.29 is 9.53 Å². The minimum absolute atomic E-state index is 0.320. The number of unbranched alkanes of at least 4 members (excludes halogenated alkanes) is 1. The fourth-order valence-corrected chi connectivity index (χ4v) is 5.97. The van der Waals surface area contributed by atoms with Crippen molar-refractivity contribution in [1.82, 2.24) is 0 Å². The highest BCUT2D eigenvalue weighted by Gasteiger charge is 2.59. The molecular formula is C20H30O2. The van der Waals surface area contributed by atoms with Gasteiger partial charge in [-0.05, 0) is 50.5 Å². The van der Waals surface area contributed by atoms with Crippen LogP contribution < -0.4 is 0 Å². The molecule has 1 spiro atoms. The Morgan fingerprint density at radius 3 is 2.59 bits per heavy atom. The normalized spacial score (nSPS) is 36.8. The highest BCUT2D eigenvalue weighted by atomic mass is 16.5. The maximum Gasteiger partial charge on any atom is 0.168 e. The number of Topliss-reactive ketones (excluding diaryl/α,β-unsaturated/α-hetero) is 1. The van der Waals surface area contributed by atoms with Crippen LogP contribution in [0, 0.1) is 5.41 Å². The summed E-state index contributed by atoms with van der Waals surface area (Å²) < 4.78 is 6.72. The minimum atomic E-state index is -0.493. The zero-order chi connectivity index (χ0) is 15.2. The van der Waals surface area contributed by atoms with E-state index in [0.29, 0.717) is 17.3 Å². The number of ether oxygens (including phenoxy) is 1. The van der Waals surface area contributed by atoms with Crippen molar-refractivity contribution in [3.63, 3.8) is 0 Å². The summed E-state index contributed by atoms with van der Waals surface area (Å²) in [7, 11) is 0. The molecule has 4 rings (SSSR count). The van der Waals surface area contributed by atoms with E-state index in [9.17, 15) is 4.79 Å². The maximum absolute atomic E-state index is 12.9. The van der Waals surface area contributed by atoms with Crippen LogP contribution in [0.1, 0.15) is 90.4 Å². The molecule has 2 fully saturated rings. The average Bonchev–Trinajstić information content (AvgIpc) is 3.05. The molecule has 0 aromatic heterocycles. The van der Waals surface area contributed by atoms with E-state index in [1.807, 2.05) is 0 Å². The molecule has 1 saturated carbocycles. The monoisotopic (exact) mass is 302 g/mol. The Balaban J connectivity index is 1.81. The predicted molar refractivity (Wildman–Crippen MR) is 87.8 cm³/mol. The SMILES string of the molecule is CCCC[C@@]12O[C@@H](CCC1=O)C1(CCCCC1)C1=C2CCC1. The molecule has 2 bridgehead atoms. The van der Waals surface area contributed by atoms with Crippen molar-refractivity contribution in [2.75, 3.05) is 0 Å². The molecule has 4 aliphatic rings. The van der Waals surface area contributed by atoms with Crippen molar-refractivity contribution in [3.8, 4) is 0 Å². The molecule has 2 heteroatoms. The van der Waals surface area contributed by atoms with Crippen LogP contribution in [0.4, 0.5) is 0 Å². The molecule has 2 heterocycles. The van der Waals surface area contributed by atoms with E-state index in [1.165, 1.54) is 50.5 Å². The van der Waals surface area contributed by atoms with Gasteiger partial charge in [0.05, 0.1) is 6.10 Å². The summed E-state index contributed by atoms with van der Waals surface area (Å²) in [5.74, 6) is 0.400. The summed E-state index contributed by atoms with van der Waals surface area (Å²) in [6, 6.07) is 0. The molecule has 1 saturated heterocycles. The van der Waals surface area contributed by atoms with E-state index in [4.69, 9.17) is 4.74 Å². The van der Waals surface area contributed by atoms with Gasteiger partial charge in [0, 0.05) is 11.8 Å². The molecule has 2 aliphatic heterocycles. The van der Waals surface area contributed by atoms with E-state index in [1.54, 1.807) is 5.57 Å². The molecule has 0 amide bonds. The van der Waals surface area contributed by atoms with Gasteiger partial charge >= 0.3 is 0 Å². The molecule has 0 aromatic rings. The first kappa shape index (κ1) is 14.9. The molecule has 2 nitrogen and oxygen atoms in total. The van der Waals surface area contributed by atoms with Gasteiger partial charge < -0.3 is 4.74 Å². The minimum Gasteiger partial charge on any atom is -0.359 e. The summed E-state index contributed by atoms with van der Waals surface area (Å²) >= 11 is 0. The van der Waals surface area contributed by atoms with Gasteiger partial charge in [-0.15, -0.1) is 0 Å². The number of carbonyl (C=O) groups excluding carboxylic acids is 1. The zero-order valence-electron chi connectivity index (χ0n) is 14.1. The average molecular weight is 302 g/mol. The highest BCUT2D eigenvalue weighted by Crippen LogP contribution is 2.61. The van der Waals surface area contributed by atoms with E-state index in [0.717, 1.165) is 38.5 Å². The zero-order valence-corrected chi connectivity index (χ0v) is 14.1. The Bertz CT molecular complexity index is 498. The summed E-state index contributed by atoms with van der Waals surface area (Å²) in [6.07, 6.45) is 15.6. The lowest BCUT2D eigenvalue weighted by molar-refractivity contribution is -0.183. The van der Waals surface area contributed by atoms with E-state index < -0.39 is 5.60 Å². The number of hydrogen-bond acceptors (Lipinski definition) is 2. The topological polar surface area (TPSA) is 26.3 Å². The van der Waals surface area contributed by atoms with Gasteiger partial charge in [0.25, 0.3) is 0 Å². The van der Waals surface area contributed by atoms with Gasteiger partial charge in [0.1, 0.15) is 5.60 Å². The van der Waals surface area contributed by atoms with Gasteiger partial charge in [0.15, 0.2) is 5.78 Å². The standard InChI is InChI=1S/C20H30O2/c1-2-3-14-20-16-9-7-8-15(16)19(12-5-4-6-13-19)18(22-20)11-10-17(20)21/h18H,2-14H2,1H3/t18-,20-/m0/s1. The number of rotatable bonds is 3. The van der Waals surface area contributed by atoms with Crippen molar-refractivity contribution in [2.24, 2.45) is 5.41 Å². The maximum atomic E-state index is 12.9. The van der Waals surface area contributed by atoms with Crippen LogP contribution in [-0.2, 0) is 9.53 Å². The van der Waals surface area contributed by atoms with Crippen LogP contribution in [0.3, 0.4) is 0 Å². The van der Waals surface area contributed by atoms with E-state index >= 15 is 0 Å². The van der Waals surface area contributed by atoms with Crippen LogP contribution in [-0.4, -0.2) is 17.5 Å². The van der Waals surface area contributed by atoms with Crippen molar-refractivity contribution in [1.29, 1.82) is 0 Å². The molecule has 2 aliphatic carbocycles. The lowest BCUT2D eigenvalue weighted by Gasteiger charge is -2.56. The van der Waals surface area contributed by atoms with Crippen LogP contribution in [0.15, 0.2) is 11.1 Å². The van der Waals surface area contributed by atoms with Crippen LogP contribution in [0.5, 0.6) is 0 Å². The Kier molecular flexibility index (Phi) is 3.71. The van der Waals surface area contributed by atoms with Gasteiger partial charge in [-0.2, -0.15) is 0 Å². The first-order valence-corrected chi connectivity index (χ1v) is 9.67. The predicted octanol–water partition coefficient (Wildman–Crippen LogP) is 5.11. The summed E-state index contributed by atoms with van der Waals surface area (Å²) in [5.41, 5.74) is 2.99. The third kappa shape index (κ3) is 1.92. The van der Waals surface area contributed by atoms with Gasteiger partial charge in [0.2, 0.25) is 0 Å². The third-order valence-corrected chi connectivity index (χ3v) is 6.98. The van der Waals surface area contributed by atoms with Crippen molar-refractivity contribution in [2.45, 2.75) is 102 Å².